The molecule has 0 aliphatic carbocycles. The molecule has 16 heavy (non-hydrogen) atoms. The highest BCUT2D eigenvalue weighted by molar-refractivity contribution is 4.81. The summed E-state index contributed by atoms with van der Waals surface area (Å²) in [6, 6.07) is 0. The molecule has 0 aromatic carbocycles. The highest BCUT2D eigenvalue weighted by Gasteiger charge is 2.33. The fourth-order valence-electron chi connectivity index (χ4n) is 3.60. The predicted octanol–water partition coefficient (Wildman–Crippen LogP) is 1.90. The van der Waals surface area contributed by atoms with Crippen LogP contribution in [-0.4, -0.2) is 53.8 Å². The number of nitrogens with zero attached hydrogens (tertiary/aromatic N) is 3. The Bertz CT molecular complexity index is 195. The van der Waals surface area contributed by atoms with Gasteiger partial charge < -0.3 is 0 Å². The Morgan fingerprint density at radius 1 is 0.625 bits per heavy atom. The van der Waals surface area contributed by atoms with Gasteiger partial charge in [-0.2, -0.15) is 0 Å². The smallest absolute Gasteiger partial charge is 0.0760 e. The van der Waals surface area contributed by atoms with Crippen LogP contribution in [0.25, 0.3) is 0 Å². The third-order valence-corrected chi connectivity index (χ3v) is 4.45. The van der Waals surface area contributed by atoms with E-state index in [9.17, 15) is 0 Å². The van der Waals surface area contributed by atoms with Crippen LogP contribution < -0.4 is 0 Å². The first-order valence-electron chi connectivity index (χ1n) is 7.21. The van der Waals surface area contributed by atoms with Gasteiger partial charge in [0.15, 0.2) is 0 Å². The van der Waals surface area contributed by atoms with E-state index < -0.39 is 0 Å². The van der Waals surface area contributed by atoms with Gasteiger partial charge in [0, 0.05) is 19.6 Å². The molecular weight excluding hydrogens is 198 g/mol. The molecule has 1 atom stereocenters. The van der Waals surface area contributed by atoms with Crippen molar-refractivity contribution in [1.29, 1.82) is 0 Å². The molecule has 3 aliphatic rings. The zero-order chi connectivity index (χ0) is 10.8. The van der Waals surface area contributed by atoms with Crippen molar-refractivity contribution in [3.05, 3.63) is 0 Å². The lowest BCUT2D eigenvalue weighted by Gasteiger charge is -2.45. The molecular formula is C13H25N3. The van der Waals surface area contributed by atoms with Crippen molar-refractivity contribution in [2.24, 2.45) is 0 Å². The van der Waals surface area contributed by atoms with Crippen LogP contribution in [0, 0.1) is 0 Å². The lowest BCUT2D eigenvalue weighted by atomic mass is 10.1. The molecule has 3 heteroatoms. The topological polar surface area (TPSA) is 9.72 Å². The molecule has 0 saturated carbocycles. The monoisotopic (exact) mass is 223 g/mol. The van der Waals surface area contributed by atoms with Crippen molar-refractivity contribution >= 4 is 0 Å². The third-order valence-electron chi connectivity index (χ3n) is 4.45. The number of rotatable bonds is 2. The van der Waals surface area contributed by atoms with E-state index in [1.807, 2.05) is 0 Å². The number of piperidine rings is 1. The van der Waals surface area contributed by atoms with E-state index in [2.05, 4.69) is 14.9 Å². The van der Waals surface area contributed by atoms with Gasteiger partial charge >= 0.3 is 0 Å². The van der Waals surface area contributed by atoms with Crippen LogP contribution >= 0.6 is 0 Å². The Morgan fingerprint density at radius 3 is 2.00 bits per heavy atom. The Kier molecular flexibility index (Phi) is 3.46. The minimum absolute atomic E-state index is 0.745. The second kappa shape index (κ2) is 5.03. The summed E-state index contributed by atoms with van der Waals surface area (Å²) < 4.78 is 0. The van der Waals surface area contributed by atoms with E-state index in [4.69, 9.17) is 0 Å². The Balaban J connectivity index is 1.67. The summed E-state index contributed by atoms with van der Waals surface area (Å²) in [7, 11) is 0. The molecule has 92 valence electrons. The van der Waals surface area contributed by atoms with Gasteiger partial charge in [-0.05, 0) is 58.0 Å². The van der Waals surface area contributed by atoms with Gasteiger partial charge in [-0.15, -0.1) is 0 Å². The number of hydrogen-bond acceptors (Lipinski definition) is 3. The van der Waals surface area contributed by atoms with Crippen LogP contribution in [0.3, 0.4) is 0 Å². The van der Waals surface area contributed by atoms with Crippen LogP contribution in [0.2, 0.25) is 0 Å². The SMILES string of the molecule is C1CCN(N2CCCC2)C(N2CCCC2)C1. The van der Waals surface area contributed by atoms with Crippen LogP contribution in [0.1, 0.15) is 44.9 Å². The van der Waals surface area contributed by atoms with Crippen molar-refractivity contribution in [3.8, 4) is 0 Å². The molecule has 3 rings (SSSR count). The second-order valence-electron chi connectivity index (χ2n) is 5.54. The van der Waals surface area contributed by atoms with E-state index in [1.54, 1.807) is 0 Å². The zero-order valence-corrected chi connectivity index (χ0v) is 10.4. The Morgan fingerprint density at radius 2 is 1.25 bits per heavy atom. The quantitative estimate of drug-likeness (QED) is 0.708. The molecule has 3 fully saturated rings. The maximum Gasteiger partial charge on any atom is 0.0760 e. The number of likely N-dealkylation sites (tertiary alicyclic amines) is 1. The van der Waals surface area contributed by atoms with Crippen molar-refractivity contribution < 1.29 is 0 Å². The fraction of sp³-hybridized carbons (Fsp3) is 1.00. The molecule has 0 bridgehead atoms. The van der Waals surface area contributed by atoms with Crippen molar-refractivity contribution in [2.45, 2.75) is 51.1 Å². The lowest BCUT2D eigenvalue weighted by Crippen LogP contribution is -2.56. The van der Waals surface area contributed by atoms with Gasteiger partial charge in [-0.3, -0.25) is 4.90 Å². The maximum atomic E-state index is 2.73. The van der Waals surface area contributed by atoms with Crippen LogP contribution in [-0.2, 0) is 0 Å². The Hall–Kier alpha value is -0.120. The molecule has 0 radical (unpaired) electrons. The minimum Gasteiger partial charge on any atom is -0.287 e. The lowest BCUT2D eigenvalue weighted by molar-refractivity contribution is -0.114. The average molecular weight is 223 g/mol. The predicted molar refractivity (Wildman–Crippen MR) is 66.0 cm³/mol. The standard InChI is InChI=1S/C13H25N3/c1-2-12-16(15-10-5-6-11-15)13(7-1)14-8-3-4-9-14/h13H,1-12H2. The average Bonchev–Trinajstić information content (AvgIpc) is 3.03. The summed E-state index contributed by atoms with van der Waals surface area (Å²) in [6.07, 6.45) is 10.6. The molecule has 0 N–H and O–H groups in total. The summed E-state index contributed by atoms with van der Waals surface area (Å²) in [6.45, 7) is 6.61. The first-order valence-corrected chi connectivity index (χ1v) is 7.21. The highest BCUT2D eigenvalue weighted by Crippen LogP contribution is 2.26. The highest BCUT2D eigenvalue weighted by atomic mass is 15.7. The Labute approximate surface area is 99.4 Å². The van der Waals surface area contributed by atoms with E-state index in [1.165, 1.54) is 77.7 Å². The molecule has 0 spiro atoms. The van der Waals surface area contributed by atoms with Crippen molar-refractivity contribution in [2.75, 3.05) is 32.7 Å². The first kappa shape index (κ1) is 11.0. The fourth-order valence-corrected chi connectivity index (χ4v) is 3.60. The molecule has 3 heterocycles. The largest absolute Gasteiger partial charge is 0.287 e. The summed E-state index contributed by atoms with van der Waals surface area (Å²) in [5, 5.41) is 5.35. The van der Waals surface area contributed by atoms with E-state index in [-0.39, 0.29) is 0 Å². The molecule has 3 nitrogen and oxygen atoms in total. The summed E-state index contributed by atoms with van der Waals surface area (Å²) >= 11 is 0. The molecule has 1 unspecified atom stereocenters. The molecule has 3 aliphatic heterocycles. The maximum absolute atomic E-state index is 2.73. The second-order valence-corrected chi connectivity index (χ2v) is 5.54. The molecule has 3 saturated heterocycles. The van der Waals surface area contributed by atoms with Crippen LogP contribution in [0.4, 0.5) is 0 Å². The summed E-state index contributed by atoms with van der Waals surface area (Å²) in [4.78, 5) is 2.73. The van der Waals surface area contributed by atoms with Gasteiger partial charge in [0.2, 0.25) is 0 Å². The van der Waals surface area contributed by atoms with Crippen molar-refractivity contribution in [1.82, 2.24) is 14.9 Å². The zero-order valence-electron chi connectivity index (χ0n) is 10.4. The summed E-state index contributed by atoms with van der Waals surface area (Å²) in [5.74, 6) is 0. The van der Waals surface area contributed by atoms with Gasteiger partial charge in [0.25, 0.3) is 0 Å². The molecule has 0 aromatic rings. The third kappa shape index (κ3) is 2.13. The van der Waals surface area contributed by atoms with Crippen LogP contribution in [0.5, 0.6) is 0 Å². The van der Waals surface area contributed by atoms with E-state index in [0.29, 0.717) is 0 Å². The van der Waals surface area contributed by atoms with E-state index in [0.717, 1.165) is 6.17 Å². The van der Waals surface area contributed by atoms with Gasteiger partial charge in [0.1, 0.15) is 0 Å². The van der Waals surface area contributed by atoms with Crippen LogP contribution in [0.15, 0.2) is 0 Å². The minimum atomic E-state index is 0.745. The first-order chi connectivity index (χ1) is 7.95. The molecule has 0 aromatic heterocycles. The molecule has 0 amide bonds. The summed E-state index contributed by atoms with van der Waals surface area (Å²) in [5.41, 5.74) is 0. The van der Waals surface area contributed by atoms with Gasteiger partial charge in [-0.1, -0.05) is 0 Å². The van der Waals surface area contributed by atoms with Crippen molar-refractivity contribution in [3.63, 3.8) is 0 Å². The number of hydrogen-bond donors (Lipinski definition) is 0. The normalized spacial score (nSPS) is 34.9. The van der Waals surface area contributed by atoms with Gasteiger partial charge in [0.05, 0.1) is 6.17 Å². The van der Waals surface area contributed by atoms with Gasteiger partial charge in [-0.25, -0.2) is 10.0 Å². The van der Waals surface area contributed by atoms with E-state index >= 15 is 0 Å². The number of hydrazine groups is 1.